The minimum atomic E-state index is -3.75. The van der Waals surface area contributed by atoms with Gasteiger partial charge in [0.1, 0.15) is 0 Å². The van der Waals surface area contributed by atoms with Gasteiger partial charge in [0, 0.05) is 18.7 Å². The first-order valence-corrected chi connectivity index (χ1v) is 9.83. The van der Waals surface area contributed by atoms with Crippen molar-refractivity contribution in [2.24, 2.45) is 0 Å². The number of aliphatic hydroxyl groups excluding tert-OH is 1. The molecule has 0 bridgehead atoms. The fourth-order valence-corrected chi connectivity index (χ4v) is 4.13. The molecule has 0 aliphatic heterocycles. The van der Waals surface area contributed by atoms with Crippen LogP contribution in [0.3, 0.4) is 0 Å². The van der Waals surface area contributed by atoms with Crippen molar-refractivity contribution in [3.63, 3.8) is 0 Å². The number of likely N-dealkylation sites (N-methyl/N-ethyl adjacent to an activating group) is 1. The van der Waals surface area contributed by atoms with Gasteiger partial charge in [-0.3, -0.25) is 4.79 Å². The van der Waals surface area contributed by atoms with Crippen LogP contribution in [0.5, 0.6) is 0 Å². The third kappa shape index (κ3) is 4.51. The van der Waals surface area contributed by atoms with E-state index in [4.69, 9.17) is 5.11 Å². The molecule has 118 valence electrons. The van der Waals surface area contributed by atoms with E-state index in [1.165, 1.54) is 23.1 Å². The molecule has 0 saturated heterocycles. The van der Waals surface area contributed by atoms with Crippen LogP contribution in [-0.4, -0.2) is 45.5 Å². The van der Waals surface area contributed by atoms with Crippen LogP contribution in [0.4, 0.5) is 0 Å². The molecule has 0 aliphatic carbocycles. The zero-order valence-electron chi connectivity index (χ0n) is 11.1. The van der Waals surface area contributed by atoms with Crippen molar-refractivity contribution < 1.29 is 18.3 Å². The van der Waals surface area contributed by atoms with E-state index in [2.05, 4.69) is 47.8 Å². The van der Waals surface area contributed by atoms with E-state index in [1.807, 2.05) is 0 Å². The average molecular weight is 508 g/mol. The van der Waals surface area contributed by atoms with Crippen molar-refractivity contribution >= 4 is 63.5 Å². The molecule has 0 heterocycles. The van der Waals surface area contributed by atoms with E-state index in [0.29, 0.717) is 6.54 Å². The number of carbonyl (C=O) groups is 1. The Morgan fingerprint density at radius 3 is 2.43 bits per heavy atom. The Hall–Kier alpha value is 0.0400. The molecule has 21 heavy (non-hydrogen) atoms. The van der Waals surface area contributed by atoms with E-state index in [-0.39, 0.29) is 29.5 Å². The van der Waals surface area contributed by atoms with Gasteiger partial charge in [-0.05, 0) is 72.9 Å². The van der Waals surface area contributed by atoms with Crippen molar-refractivity contribution in [3.8, 4) is 0 Å². The lowest BCUT2D eigenvalue weighted by molar-refractivity contribution is 0.0731. The molecule has 0 fully saturated rings. The third-order valence-corrected chi connectivity index (χ3v) is 8.05. The maximum atomic E-state index is 12.3. The van der Waals surface area contributed by atoms with Crippen molar-refractivity contribution in [1.82, 2.24) is 4.90 Å². The minimum Gasteiger partial charge on any atom is -0.395 e. The molecule has 1 rings (SSSR count). The zero-order valence-corrected chi connectivity index (χ0v) is 16.7. The molecule has 0 unspecified atom stereocenters. The number of nitrogens with zero attached hydrogens (tertiary/aromatic N) is 1. The second-order valence-electron chi connectivity index (χ2n) is 4.09. The molecule has 0 aliphatic rings. The number of amides is 1. The first-order chi connectivity index (χ1) is 9.65. The topological polar surface area (TPSA) is 74.7 Å². The van der Waals surface area contributed by atoms with Crippen LogP contribution in [0.15, 0.2) is 29.2 Å². The largest absolute Gasteiger partial charge is 0.395 e. The number of carbonyl (C=O) groups excluding carboxylic acids is 1. The third-order valence-electron chi connectivity index (χ3n) is 2.73. The number of alkyl halides is 3. The van der Waals surface area contributed by atoms with Crippen LogP contribution in [0.2, 0.25) is 0 Å². The lowest BCUT2D eigenvalue weighted by atomic mass is 10.2. The summed E-state index contributed by atoms with van der Waals surface area (Å²) in [5.74, 6) is -0.326. The Balaban J connectivity index is 3.21. The van der Waals surface area contributed by atoms with Crippen molar-refractivity contribution in [2.75, 3.05) is 19.7 Å². The average Bonchev–Trinajstić information content (AvgIpc) is 2.43. The fourth-order valence-electron chi connectivity index (χ4n) is 1.64. The van der Waals surface area contributed by atoms with E-state index in [1.54, 1.807) is 13.0 Å². The van der Waals surface area contributed by atoms with Gasteiger partial charge in [-0.25, -0.2) is 8.42 Å². The smallest absolute Gasteiger partial charge is 0.253 e. The van der Waals surface area contributed by atoms with Gasteiger partial charge in [0.05, 0.1) is 11.5 Å². The lowest BCUT2D eigenvalue weighted by Gasteiger charge is -2.20. The second-order valence-corrected chi connectivity index (χ2v) is 14.5. The van der Waals surface area contributed by atoms with Crippen LogP contribution in [0, 0.1) is 0 Å². The second kappa shape index (κ2) is 7.54. The number of aliphatic hydroxyl groups is 1. The predicted molar refractivity (Wildman–Crippen MR) is 91.8 cm³/mol. The van der Waals surface area contributed by atoms with Crippen LogP contribution in [0.25, 0.3) is 0 Å². The van der Waals surface area contributed by atoms with E-state index >= 15 is 0 Å². The maximum Gasteiger partial charge on any atom is 0.253 e. The van der Waals surface area contributed by atoms with E-state index < -0.39 is 11.3 Å². The molecule has 1 amide bonds. The van der Waals surface area contributed by atoms with Gasteiger partial charge in [0.15, 0.2) is 0 Å². The van der Waals surface area contributed by atoms with Crippen LogP contribution in [0.1, 0.15) is 17.3 Å². The van der Waals surface area contributed by atoms with Gasteiger partial charge < -0.3 is 10.0 Å². The van der Waals surface area contributed by atoms with Gasteiger partial charge in [0.2, 0.25) is 11.3 Å². The number of hydrogen-bond donors (Lipinski definition) is 1. The summed E-state index contributed by atoms with van der Waals surface area (Å²) in [7, 11) is -3.75. The maximum absolute atomic E-state index is 12.3. The molecule has 0 aromatic heterocycles. The highest BCUT2D eigenvalue weighted by Gasteiger charge is 2.37. The van der Waals surface area contributed by atoms with Crippen molar-refractivity contribution in [2.45, 2.75) is 13.3 Å². The number of hydrogen-bond acceptors (Lipinski definition) is 4. The van der Waals surface area contributed by atoms with Crippen molar-refractivity contribution in [1.29, 1.82) is 0 Å². The molecule has 9 heteroatoms. The van der Waals surface area contributed by atoms with Gasteiger partial charge >= 0.3 is 0 Å². The summed E-state index contributed by atoms with van der Waals surface area (Å²) >= 11 is 8.95. The van der Waals surface area contributed by atoms with E-state index in [0.717, 1.165) is 0 Å². The highest BCUT2D eigenvalue weighted by atomic mass is 80.0. The van der Waals surface area contributed by atoms with Crippen molar-refractivity contribution in [3.05, 3.63) is 29.8 Å². The highest BCUT2D eigenvalue weighted by molar-refractivity contribution is 9.42. The Morgan fingerprint density at radius 1 is 1.33 bits per heavy atom. The Labute approximate surface area is 149 Å². The zero-order chi connectivity index (χ0) is 16.3. The molecular formula is C12H14Br3NO4S. The fraction of sp³-hybridized carbons (Fsp3) is 0.417. The molecule has 1 N–H and O–H groups in total. The van der Waals surface area contributed by atoms with Gasteiger partial charge in [0.25, 0.3) is 5.91 Å². The molecule has 0 atom stereocenters. The predicted octanol–water partition coefficient (Wildman–Crippen LogP) is 2.71. The lowest BCUT2D eigenvalue weighted by Crippen LogP contribution is -2.33. The first kappa shape index (κ1) is 19.1. The summed E-state index contributed by atoms with van der Waals surface area (Å²) in [6.07, 6.45) is 0. The Bertz CT molecular complexity index is 613. The van der Waals surface area contributed by atoms with Gasteiger partial charge in [-0.2, -0.15) is 0 Å². The number of sulfone groups is 1. The van der Waals surface area contributed by atoms with E-state index in [9.17, 15) is 13.2 Å². The molecule has 0 radical (unpaired) electrons. The van der Waals surface area contributed by atoms with Gasteiger partial charge in [-0.1, -0.05) is 6.07 Å². The Morgan fingerprint density at radius 2 is 1.95 bits per heavy atom. The summed E-state index contributed by atoms with van der Waals surface area (Å²) < 4.78 is 23.1. The molecular weight excluding hydrogens is 494 g/mol. The minimum absolute atomic E-state index is 0.000901. The first-order valence-electron chi connectivity index (χ1n) is 5.96. The summed E-state index contributed by atoms with van der Waals surface area (Å²) in [5, 5.41) is 8.95. The summed E-state index contributed by atoms with van der Waals surface area (Å²) in [4.78, 5) is 13.7. The van der Waals surface area contributed by atoms with Gasteiger partial charge in [-0.15, -0.1) is 0 Å². The SMILES string of the molecule is CCN(CCO)C(=O)c1cccc(S(=O)(=O)C(Br)(Br)Br)c1. The highest BCUT2D eigenvalue weighted by Crippen LogP contribution is 2.43. The molecule has 1 aromatic rings. The standard InChI is InChI=1S/C12H14Br3NO4S/c1-2-16(6-7-17)11(18)9-4-3-5-10(8-9)21(19,20)12(13,14)15/h3-5,8,17H,2,6-7H2,1H3. The molecule has 1 aromatic carbocycles. The molecule has 5 nitrogen and oxygen atoms in total. The summed E-state index contributed by atoms with van der Waals surface area (Å²) in [5.41, 5.74) is 0.253. The van der Waals surface area contributed by atoms with Crippen LogP contribution in [-0.2, 0) is 9.84 Å². The molecule has 0 saturated carbocycles. The summed E-state index contributed by atoms with van der Waals surface area (Å²) in [6, 6.07) is 5.77. The number of halogens is 3. The van der Waals surface area contributed by atoms with Crippen LogP contribution >= 0.6 is 47.8 Å². The molecule has 0 spiro atoms. The number of benzene rings is 1. The van der Waals surface area contributed by atoms with Crippen LogP contribution < -0.4 is 0 Å². The normalized spacial score (nSPS) is 12.2. The Kier molecular flexibility index (Phi) is 6.85. The quantitative estimate of drug-likeness (QED) is 0.622. The number of rotatable bonds is 5. The monoisotopic (exact) mass is 505 g/mol. The summed E-state index contributed by atoms with van der Waals surface area (Å²) in [6.45, 7) is 2.26.